The Labute approximate surface area is 161 Å². The number of benzene rings is 2. The van der Waals surface area contributed by atoms with E-state index >= 15 is 0 Å². The molecule has 1 aliphatic heterocycles. The molecular weight excluding hydrogens is 396 g/mol. The number of halogens is 1. The van der Waals surface area contributed by atoms with Crippen LogP contribution in [0, 0.1) is 0 Å². The molecule has 1 atom stereocenters. The van der Waals surface area contributed by atoms with Gasteiger partial charge in [-0.3, -0.25) is 9.79 Å². The van der Waals surface area contributed by atoms with Crippen molar-refractivity contribution in [1.82, 2.24) is 0 Å². The molecule has 2 aromatic rings. The van der Waals surface area contributed by atoms with Crippen molar-refractivity contribution in [2.45, 2.75) is 29.4 Å². The summed E-state index contributed by atoms with van der Waals surface area (Å²) in [5.74, 6) is 0.156. The third-order valence-electron chi connectivity index (χ3n) is 4.26. The van der Waals surface area contributed by atoms with Crippen LogP contribution in [0.2, 0.25) is 0 Å². The molecule has 1 amide bonds. The van der Waals surface area contributed by atoms with Crippen LogP contribution >= 0.6 is 27.7 Å². The van der Waals surface area contributed by atoms with E-state index in [-0.39, 0.29) is 11.2 Å². The predicted molar refractivity (Wildman–Crippen MR) is 111 cm³/mol. The van der Waals surface area contributed by atoms with Crippen LogP contribution in [-0.2, 0) is 4.79 Å². The number of carbonyl (C=O) groups is 1. The minimum absolute atomic E-state index is 0.156. The maximum atomic E-state index is 13.2. The van der Waals surface area contributed by atoms with Crippen molar-refractivity contribution in [3.05, 3.63) is 54.1 Å². The van der Waals surface area contributed by atoms with Gasteiger partial charge in [0.2, 0.25) is 5.91 Å². The second kappa shape index (κ2) is 8.68. The van der Waals surface area contributed by atoms with Gasteiger partial charge in [0.25, 0.3) is 0 Å². The van der Waals surface area contributed by atoms with E-state index in [1.807, 2.05) is 47.4 Å². The number of alkyl halides is 1. The summed E-state index contributed by atoms with van der Waals surface area (Å²) >= 11 is 5.09. The summed E-state index contributed by atoms with van der Waals surface area (Å²) in [6, 6.07) is 16.0. The van der Waals surface area contributed by atoms with Crippen LogP contribution in [0.3, 0.4) is 0 Å². The number of rotatable bonds is 7. The van der Waals surface area contributed by atoms with Crippen LogP contribution in [0.1, 0.15) is 30.1 Å². The average Bonchev–Trinajstić information content (AvgIpc) is 2.66. The minimum Gasteiger partial charge on any atom is -0.310 e. The first-order chi connectivity index (χ1) is 12.2. The molecule has 0 saturated heterocycles. The Morgan fingerprint density at radius 2 is 1.96 bits per heavy atom. The molecule has 2 aromatic carbocycles. The number of anilines is 1. The van der Waals surface area contributed by atoms with Gasteiger partial charge in [-0.05, 0) is 49.4 Å². The van der Waals surface area contributed by atoms with Crippen LogP contribution in [0.25, 0.3) is 0 Å². The Morgan fingerprint density at radius 1 is 1.12 bits per heavy atom. The summed E-state index contributed by atoms with van der Waals surface area (Å²) in [6.45, 7) is 4.35. The Hall–Kier alpha value is -1.59. The van der Waals surface area contributed by atoms with Gasteiger partial charge in [-0.25, -0.2) is 0 Å². The summed E-state index contributed by atoms with van der Waals surface area (Å²) in [4.78, 5) is 20.3. The van der Waals surface area contributed by atoms with Crippen molar-refractivity contribution < 1.29 is 4.79 Å². The van der Waals surface area contributed by atoms with Gasteiger partial charge in [-0.2, -0.15) is 0 Å². The highest BCUT2D eigenvalue weighted by Crippen LogP contribution is 2.46. The normalized spacial score (nSPS) is 16.6. The average molecular weight is 417 g/mol. The van der Waals surface area contributed by atoms with Crippen LogP contribution in [0.5, 0.6) is 0 Å². The Morgan fingerprint density at radius 3 is 2.76 bits per heavy atom. The third-order valence-corrected chi connectivity index (χ3v) is 6.13. The number of aliphatic imine (C=N–C) groups is 1. The largest absolute Gasteiger partial charge is 0.310 e. The molecule has 25 heavy (non-hydrogen) atoms. The first-order valence-electron chi connectivity index (χ1n) is 8.44. The summed E-state index contributed by atoms with van der Waals surface area (Å²) in [7, 11) is 0. The maximum Gasteiger partial charge on any atom is 0.245 e. The predicted octanol–water partition coefficient (Wildman–Crippen LogP) is 5.76. The van der Waals surface area contributed by atoms with Crippen LogP contribution in [-0.4, -0.2) is 24.5 Å². The van der Waals surface area contributed by atoms with E-state index in [0.717, 1.165) is 53.0 Å². The monoisotopic (exact) mass is 416 g/mol. The Balaban J connectivity index is 1.89. The van der Waals surface area contributed by atoms with Crippen LogP contribution in [0.15, 0.2) is 58.4 Å². The standard InChI is InChI=1S/C20H21BrN2OS/c1-22-16-9-7-8-15(14-16)19-20(24)23(13-6-2-5-12-21)17-10-3-4-11-18(17)25-19/h3-4,7-11,14,19H,1-2,5-6,12-13H2. The number of carbonyl (C=O) groups excluding carboxylic acids is 1. The molecule has 0 N–H and O–H groups in total. The zero-order valence-electron chi connectivity index (χ0n) is 14.0. The second-order valence-electron chi connectivity index (χ2n) is 5.96. The lowest BCUT2D eigenvalue weighted by Crippen LogP contribution is -2.38. The van der Waals surface area contributed by atoms with Crippen molar-refractivity contribution in [2.75, 3.05) is 16.8 Å². The zero-order chi connectivity index (χ0) is 17.6. The topological polar surface area (TPSA) is 32.7 Å². The molecule has 5 heteroatoms. The fraction of sp³-hybridized carbons (Fsp3) is 0.300. The van der Waals surface area contributed by atoms with Crippen LogP contribution in [0.4, 0.5) is 11.4 Å². The number of amides is 1. The molecule has 0 aromatic heterocycles. The molecule has 1 heterocycles. The third kappa shape index (κ3) is 4.15. The van der Waals surface area contributed by atoms with Crippen molar-refractivity contribution in [1.29, 1.82) is 0 Å². The highest BCUT2D eigenvalue weighted by molar-refractivity contribution is 9.09. The van der Waals surface area contributed by atoms with Gasteiger partial charge in [0.05, 0.1) is 11.4 Å². The number of hydrogen-bond acceptors (Lipinski definition) is 3. The van der Waals surface area contributed by atoms with Gasteiger partial charge in [0.15, 0.2) is 0 Å². The van der Waals surface area contributed by atoms with E-state index < -0.39 is 0 Å². The molecule has 0 radical (unpaired) electrons. The van der Waals surface area contributed by atoms with E-state index in [0.29, 0.717) is 0 Å². The van der Waals surface area contributed by atoms with E-state index in [1.54, 1.807) is 11.8 Å². The van der Waals surface area contributed by atoms with E-state index in [9.17, 15) is 4.79 Å². The Bertz CT molecular complexity index is 765. The summed E-state index contributed by atoms with van der Waals surface area (Å²) in [6.07, 6.45) is 3.26. The quantitative estimate of drug-likeness (QED) is 0.326. The summed E-state index contributed by atoms with van der Waals surface area (Å²) in [5, 5.41) is 0.782. The lowest BCUT2D eigenvalue weighted by Gasteiger charge is -2.34. The van der Waals surface area contributed by atoms with Gasteiger partial charge in [0, 0.05) is 16.8 Å². The lowest BCUT2D eigenvalue weighted by molar-refractivity contribution is -0.118. The van der Waals surface area contributed by atoms with E-state index in [4.69, 9.17) is 0 Å². The van der Waals surface area contributed by atoms with Gasteiger partial charge < -0.3 is 4.90 Å². The number of nitrogens with zero attached hydrogens (tertiary/aromatic N) is 2. The van der Waals surface area contributed by atoms with Gasteiger partial charge in [-0.1, -0.05) is 46.6 Å². The van der Waals surface area contributed by atoms with Gasteiger partial charge >= 0.3 is 0 Å². The number of para-hydroxylation sites is 1. The van der Waals surface area contributed by atoms with Crippen molar-refractivity contribution >= 4 is 51.7 Å². The minimum atomic E-state index is -0.229. The van der Waals surface area contributed by atoms with Crippen molar-refractivity contribution in [3.63, 3.8) is 0 Å². The highest BCUT2D eigenvalue weighted by Gasteiger charge is 2.34. The molecule has 0 fully saturated rings. The SMILES string of the molecule is C=Nc1cccc(C2Sc3ccccc3N(CCCCCBr)C2=O)c1. The maximum absolute atomic E-state index is 13.2. The Kier molecular flexibility index (Phi) is 6.32. The van der Waals surface area contributed by atoms with Crippen molar-refractivity contribution in [2.24, 2.45) is 4.99 Å². The fourth-order valence-electron chi connectivity index (χ4n) is 2.99. The second-order valence-corrected chi connectivity index (χ2v) is 7.90. The van der Waals surface area contributed by atoms with E-state index in [1.165, 1.54) is 0 Å². The van der Waals surface area contributed by atoms with Gasteiger partial charge in [0.1, 0.15) is 5.25 Å². The zero-order valence-corrected chi connectivity index (χ0v) is 16.4. The molecule has 3 rings (SSSR count). The molecule has 3 nitrogen and oxygen atoms in total. The number of unbranched alkanes of at least 4 members (excludes halogenated alkanes) is 2. The van der Waals surface area contributed by atoms with Crippen molar-refractivity contribution in [3.8, 4) is 0 Å². The number of thioether (sulfide) groups is 1. The van der Waals surface area contributed by atoms with E-state index in [2.05, 4.69) is 33.7 Å². The molecule has 0 spiro atoms. The first-order valence-corrected chi connectivity index (χ1v) is 10.4. The molecule has 0 saturated carbocycles. The lowest BCUT2D eigenvalue weighted by atomic mass is 10.1. The smallest absolute Gasteiger partial charge is 0.245 e. The molecule has 0 aliphatic carbocycles. The molecular formula is C20H21BrN2OS. The fourth-order valence-corrected chi connectivity index (χ4v) is 4.60. The highest BCUT2D eigenvalue weighted by atomic mass is 79.9. The molecule has 1 unspecified atom stereocenters. The number of hydrogen-bond donors (Lipinski definition) is 0. The number of fused-ring (bicyclic) bond motifs is 1. The molecule has 1 aliphatic rings. The molecule has 130 valence electrons. The van der Waals surface area contributed by atoms with Crippen LogP contribution < -0.4 is 4.90 Å². The molecule has 0 bridgehead atoms. The summed E-state index contributed by atoms with van der Waals surface area (Å²) in [5.41, 5.74) is 2.82. The summed E-state index contributed by atoms with van der Waals surface area (Å²) < 4.78 is 0. The first kappa shape index (κ1) is 18.2. The van der Waals surface area contributed by atoms with Gasteiger partial charge in [-0.15, -0.1) is 11.8 Å².